The summed E-state index contributed by atoms with van der Waals surface area (Å²) in [6.45, 7) is 0. The molecule has 2 N–H and O–H groups in total. The largest absolute Gasteiger partial charge is 0.289 e. The third kappa shape index (κ3) is 4.12. The maximum atomic E-state index is 9.46. The van der Waals surface area contributed by atoms with E-state index < -0.39 is 6.04 Å². The Morgan fingerprint density at radius 2 is 1.31 bits per heavy atom. The number of nitrogens with zero attached hydrogens (tertiary/aromatic N) is 6. The monoisotopic (exact) mass is 377 g/mol. The minimum absolute atomic E-state index is 0.0437. The third-order valence-electron chi connectivity index (χ3n) is 4.58. The Bertz CT molecular complexity index is 1140. The number of rotatable bonds is 4. The van der Waals surface area contributed by atoms with Gasteiger partial charge in [-0.2, -0.15) is 21.0 Å². The first-order chi connectivity index (χ1) is 14.1. The van der Waals surface area contributed by atoms with Crippen LogP contribution in [0.5, 0.6) is 0 Å². The molecule has 0 amide bonds. The number of allylic oxidation sites excluding steroid dienone is 2. The van der Waals surface area contributed by atoms with Gasteiger partial charge in [0.05, 0.1) is 40.7 Å². The molecule has 0 bridgehead atoms. The molecule has 0 radical (unpaired) electrons. The molecule has 29 heavy (non-hydrogen) atoms. The van der Waals surface area contributed by atoms with Gasteiger partial charge in [0.2, 0.25) is 0 Å². The summed E-state index contributed by atoms with van der Waals surface area (Å²) in [5, 5.41) is 38.1. The highest BCUT2D eigenvalue weighted by Crippen LogP contribution is 2.26. The molecule has 0 saturated carbocycles. The maximum Gasteiger partial charge on any atom is 0.183 e. The van der Waals surface area contributed by atoms with Gasteiger partial charge in [0.1, 0.15) is 6.07 Å². The molecule has 7 nitrogen and oxygen atoms in total. The molecule has 3 rings (SSSR count). The Kier molecular flexibility index (Phi) is 5.67. The van der Waals surface area contributed by atoms with Gasteiger partial charge in [-0.25, -0.2) is 10.8 Å². The molecule has 0 fully saturated rings. The molecular formula is C22H15N7. The van der Waals surface area contributed by atoms with Gasteiger partial charge in [-0.05, 0) is 35.4 Å². The summed E-state index contributed by atoms with van der Waals surface area (Å²) >= 11 is 0. The van der Waals surface area contributed by atoms with Crippen LogP contribution in [0, 0.1) is 45.3 Å². The van der Waals surface area contributed by atoms with E-state index in [0.29, 0.717) is 35.4 Å². The zero-order valence-corrected chi connectivity index (χ0v) is 15.4. The lowest BCUT2D eigenvalue weighted by Crippen LogP contribution is -2.47. The minimum Gasteiger partial charge on any atom is -0.289 e. The molecule has 2 aromatic rings. The predicted octanol–water partition coefficient (Wildman–Crippen LogP) is 2.47. The van der Waals surface area contributed by atoms with Crippen molar-refractivity contribution < 1.29 is 0 Å². The minimum atomic E-state index is -0.960. The smallest absolute Gasteiger partial charge is 0.183 e. The fourth-order valence-electron chi connectivity index (χ4n) is 3.03. The van der Waals surface area contributed by atoms with E-state index in [4.69, 9.17) is 16.4 Å². The van der Waals surface area contributed by atoms with Crippen LogP contribution < -0.4 is 5.84 Å². The normalized spacial score (nSPS) is 15.6. The van der Waals surface area contributed by atoms with E-state index in [-0.39, 0.29) is 5.71 Å². The van der Waals surface area contributed by atoms with E-state index >= 15 is 0 Å². The van der Waals surface area contributed by atoms with Crippen molar-refractivity contribution in [3.05, 3.63) is 82.2 Å². The first kappa shape index (κ1) is 19.3. The zero-order chi connectivity index (χ0) is 20.8. The Morgan fingerprint density at radius 1 is 0.793 bits per heavy atom. The van der Waals surface area contributed by atoms with Crippen molar-refractivity contribution >= 4 is 5.71 Å². The van der Waals surface area contributed by atoms with Gasteiger partial charge in [-0.15, -0.1) is 0 Å². The average Bonchev–Trinajstić information content (AvgIpc) is 2.76. The quantitative estimate of drug-likeness (QED) is 0.813. The first-order valence-electron chi connectivity index (χ1n) is 8.72. The first-order valence-corrected chi connectivity index (χ1v) is 8.72. The van der Waals surface area contributed by atoms with Gasteiger partial charge in [0.25, 0.3) is 0 Å². The van der Waals surface area contributed by atoms with E-state index in [2.05, 4.69) is 17.1 Å². The molecule has 0 saturated heterocycles. The van der Waals surface area contributed by atoms with Crippen molar-refractivity contribution in [2.24, 2.45) is 10.8 Å². The molecule has 0 spiro atoms. The number of aliphatic imine (C=N–C) groups is 1. The molecule has 1 aliphatic heterocycles. The molecule has 0 aliphatic carbocycles. The molecular weight excluding hydrogens is 362 g/mol. The molecule has 1 aliphatic rings. The van der Waals surface area contributed by atoms with Crippen LogP contribution in [-0.2, 0) is 12.8 Å². The van der Waals surface area contributed by atoms with Gasteiger partial charge in [-0.3, -0.25) is 5.01 Å². The van der Waals surface area contributed by atoms with Crippen LogP contribution in [0.1, 0.15) is 22.3 Å². The number of hydrogen-bond donors (Lipinski definition) is 1. The van der Waals surface area contributed by atoms with Gasteiger partial charge in [0, 0.05) is 12.8 Å². The van der Waals surface area contributed by atoms with Crippen LogP contribution in [0.4, 0.5) is 0 Å². The highest BCUT2D eigenvalue weighted by Gasteiger charge is 2.30. The zero-order valence-electron chi connectivity index (χ0n) is 15.4. The Balaban J connectivity index is 2.02. The highest BCUT2D eigenvalue weighted by atomic mass is 15.4. The second kappa shape index (κ2) is 8.51. The molecule has 7 heteroatoms. The van der Waals surface area contributed by atoms with Crippen LogP contribution in [0.15, 0.2) is 64.9 Å². The van der Waals surface area contributed by atoms with E-state index in [9.17, 15) is 10.5 Å². The van der Waals surface area contributed by atoms with Crippen molar-refractivity contribution in [2.45, 2.75) is 18.9 Å². The van der Waals surface area contributed by atoms with E-state index in [1.807, 2.05) is 36.4 Å². The summed E-state index contributed by atoms with van der Waals surface area (Å²) in [6.07, 6.45) is 0.794. The predicted molar refractivity (Wildman–Crippen MR) is 105 cm³/mol. The molecule has 1 heterocycles. The second-order valence-corrected chi connectivity index (χ2v) is 6.41. The van der Waals surface area contributed by atoms with Crippen molar-refractivity contribution in [3.63, 3.8) is 0 Å². The van der Waals surface area contributed by atoms with Crippen LogP contribution in [0.25, 0.3) is 0 Å². The summed E-state index contributed by atoms with van der Waals surface area (Å²) in [5.74, 6) is 6.22. The molecule has 2 aromatic carbocycles. The molecule has 138 valence electrons. The van der Waals surface area contributed by atoms with Crippen molar-refractivity contribution in [1.29, 1.82) is 21.0 Å². The van der Waals surface area contributed by atoms with Crippen LogP contribution in [-0.4, -0.2) is 16.8 Å². The maximum absolute atomic E-state index is 9.46. The summed E-state index contributed by atoms with van der Waals surface area (Å²) in [7, 11) is 0. The fraction of sp³-hybridized carbons (Fsp3) is 0.136. The number of hydrogen-bond acceptors (Lipinski definition) is 7. The standard InChI is InChI=1S/C22H15N7/c23-11-17-5-1-15(2-6-17)9-19-21(10-16-3-7-18(12-24)8-4-16)29(27)22(14-26)20(13-25)28-19/h1-8,22H,9-10,27H2. The average molecular weight is 377 g/mol. The fourth-order valence-corrected chi connectivity index (χ4v) is 3.03. The summed E-state index contributed by atoms with van der Waals surface area (Å²) in [6, 6.07) is 21.3. The third-order valence-corrected chi connectivity index (χ3v) is 4.58. The SMILES string of the molecule is N#CC1=NC(Cc2ccc(C#N)cc2)=C(Cc2ccc(C#N)cc2)N(N)C1C#N. The van der Waals surface area contributed by atoms with E-state index in [1.54, 1.807) is 24.3 Å². The summed E-state index contributed by atoms with van der Waals surface area (Å²) < 4.78 is 0. The van der Waals surface area contributed by atoms with E-state index in [0.717, 1.165) is 11.1 Å². The second-order valence-electron chi connectivity index (χ2n) is 6.41. The molecule has 1 unspecified atom stereocenters. The van der Waals surface area contributed by atoms with Crippen LogP contribution >= 0.6 is 0 Å². The molecule has 0 aromatic heterocycles. The van der Waals surface area contributed by atoms with Gasteiger partial charge in [0.15, 0.2) is 11.8 Å². The van der Waals surface area contributed by atoms with Crippen molar-refractivity contribution in [1.82, 2.24) is 5.01 Å². The summed E-state index contributed by atoms with van der Waals surface area (Å²) in [5.41, 5.74) is 4.17. The lowest BCUT2D eigenvalue weighted by molar-refractivity contribution is 0.342. The number of nitrogens with two attached hydrogens (primary N) is 1. The van der Waals surface area contributed by atoms with Gasteiger partial charge >= 0.3 is 0 Å². The summed E-state index contributed by atoms with van der Waals surface area (Å²) in [4.78, 5) is 4.43. The van der Waals surface area contributed by atoms with Crippen molar-refractivity contribution in [3.8, 4) is 24.3 Å². The van der Waals surface area contributed by atoms with Crippen LogP contribution in [0.2, 0.25) is 0 Å². The topological polar surface area (TPSA) is 137 Å². The van der Waals surface area contributed by atoms with Crippen LogP contribution in [0.3, 0.4) is 0 Å². The number of nitriles is 4. The lowest BCUT2D eigenvalue weighted by Gasteiger charge is -2.31. The Hall–Kier alpha value is -4.43. The van der Waals surface area contributed by atoms with Gasteiger partial charge in [-0.1, -0.05) is 24.3 Å². The molecule has 1 atom stereocenters. The number of benzene rings is 2. The highest BCUT2D eigenvalue weighted by molar-refractivity contribution is 6.05. The Morgan fingerprint density at radius 3 is 1.76 bits per heavy atom. The lowest BCUT2D eigenvalue weighted by atomic mass is 9.99. The van der Waals surface area contributed by atoms with Crippen molar-refractivity contribution in [2.75, 3.05) is 0 Å². The van der Waals surface area contributed by atoms with Gasteiger partial charge < -0.3 is 0 Å². The Labute approximate surface area is 168 Å². The number of hydrazine groups is 1. The van der Waals surface area contributed by atoms with E-state index in [1.165, 1.54) is 5.01 Å².